The number of aliphatic hydroxyl groups excluding tert-OH is 1. The Kier molecular flexibility index (Phi) is 7.73. The van der Waals surface area contributed by atoms with Crippen LogP contribution in [0.2, 0.25) is 0 Å². The Morgan fingerprint density at radius 3 is 2.62 bits per heavy atom. The molecule has 1 saturated heterocycles. The Hall–Kier alpha value is -2.66. The smallest absolute Gasteiger partial charge is 0.396 e. The molecule has 1 aromatic heterocycles. The van der Waals surface area contributed by atoms with E-state index in [1.165, 1.54) is 12.1 Å². The van der Waals surface area contributed by atoms with Crippen LogP contribution in [0.1, 0.15) is 48.7 Å². The van der Waals surface area contributed by atoms with E-state index in [9.17, 15) is 23.1 Å². The number of aromatic nitrogens is 2. The number of rotatable bonds is 7. The average molecular weight is 456 g/mol. The van der Waals surface area contributed by atoms with Crippen molar-refractivity contribution >= 4 is 6.03 Å². The molecule has 0 radical (unpaired) electrons. The van der Waals surface area contributed by atoms with Crippen LogP contribution in [0.15, 0.2) is 28.8 Å². The van der Waals surface area contributed by atoms with Crippen LogP contribution in [0, 0.1) is 5.92 Å². The zero-order valence-corrected chi connectivity index (χ0v) is 17.9. The van der Waals surface area contributed by atoms with Gasteiger partial charge in [0.05, 0.1) is 18.7 Å². The highest BCUT2D eigenvalue weighted by molar-refractivity contribution is 5.74. The van der Waals surface area contributed by atoms with Crippen molar-refractivity contribution in [2.24, 2.45) is 5.92 Å². The van der Waals surface area contributed by atoms with Gasteiger partial charge in [-0.05, 0) is 24.1 Å². The lowest BCUT2D eigenvalue weighted by Gasteiger charge is -2.31. The van der Waals surface area contributed by atoms with Gasteiger partial charge in [0, 0.05) is 31.5 Å². The van der Waals surface area contributed by atoms with Crippen molar-refractivity contribution in [3.05, 3.63) is 47.1 Å². The van der Waals surface area contributed by atoms with Crippen molar-refractivity contribution in [3.8, 4) is 0 Å². The molecule has 0 saturated carbocycles. The lowest BCUT2D eigenvalue weighted by Crippen LogP contribution is -2.48. The number of hydrogen-bond acceptors (Lipinski definition) is 6. The van der Waals surface area contributed by atoms with Gasteiger partial charge in [0.2, 0.25) is 11.7 Å². The Morgan fingerprint density at radius 1 is 1.31 bits per heavy atom. The minimum Gasteiger partial charge on any atom is -0.396 e. The number of nitrogens with zero attached hydrogens (tertiary/aromatic N) is 3. The van der Waals surface area contributed by atoms with Crippen LogP contribution >= 0.6 is 0 Å². The fourth-order valence-electron chi connectivity index (χ4n) is 3.31. The molecule has 2 atom stereocenters. The molecule has 2 amide bonds. The van der Waals surface area contributed by atoms with Gasteiger partial charge >= 0.3 is 12.2 Å². The molecule has 8 nitrogen and oxygen atoms in total. The van der Waals surface area contributed by atoms with Crippen molar-refractivity contribution in [3.63, 3.8) is 0 Å². The highest BCUT2D eigenvalue weighted by Gasteiger charge is 2.31. The number of nitrogens with one attached hydrogen (secondary N) is 1. The quantitative estimate of drug-likeness (QED) is 0.664. The topological polar surface area (TPSA) is 101 Å². The number of hydrogen-bond donors (Lipinski definition) is 2. The first-order valence-electron chi connectivity index (χ1n) is 10.4. The molecule has 2 heterocycles. The molecule has 1 aliphatic rings. The van der Waals surface area contributed by atoms with E-state index in [1.54, 1.807) is 4.90 Å². The summed E-state index contributed by atoms with van der Waals surface area (Å²) >= 11 is 0. The average Bonchev–Trinajstić information content (AvgIpc) is 3.27. The third kappa shape index (κ3) is 6.19. The molecule has 11 heteroatoms. The van der Waals surface area contributed by atoms with Crippen LogP contribution in [0.25, 0.3) is 0 Å². The highest BCUT2D eigenvalue weighted by Crippen LogP contribution is 2.29. The second-order valence-electron chi connectivity index (χ2n) is 8.08. The maximum Gasteiger partial charge on any atom is 0.416 e. The van der Waals surface area contributed by atoms with Gasteiger partial charge in [-0.3, -0.25) is 0 Å². The second kappa shape index (κ2) is 10.3. The zero-order chi connectivity index (χ0) is 23.3. The van der Waals surface area contributed by atoms with Crippen LogP contribution in [0.3, 0.4) is 0 Å². The van der Waals surface area contributed by atoms with E-state index in [1.807, 2.05) is 13.8 Å². The number of carbonyl (C=O) groups excluding carboxylic acids is 1. The van der Waals surface area contributed by atoms with Crippen LogP contribution in [-0.2, 0) is 17.3 Å². The fraction of sp³-hybridized carbons (Fsp3) is 0.571. The first kappa shape index (κ1) is 24.0. The lowest BCUT2D eigenvalue weighted by molar-refractivity contribution is -0.137. The van der Waals surface area contributed by atoms with Crippen LogP contribution in [0.5, 0.6) is 0 Å². The summed E-state index contributed by atoms with van der Waals surface area (Å²) in [6.07, 6.45) is -4.55. The maximum absolute atomic E-state index is 12.7. The number of amides is 2. The Labute approximate surface area is 183 Å². The van der Waals surface area contributed by atoms with Gasteiger partial charge < -0.3 is 24.6 Å². The van der Waals surface area contributed by atoms with E-state index in [-0.39, 0.29) is 37.6 Å². The molecular weight excluding hydrogens is 429 g/mol. The first-order chi connectivity index (χ1) is 15.2. The summed E-state index contributed by atoms with van der Waals surface area (Å²) in [5, 5.41) is 16.4. The molecule has 0 aliphatic carbocycles. The third-order valence-electron chi connectivity index (χ3n) is 5.20. The Morgan fingerprint density at radius 2 is 2.03 bits per heavy atom. The molecule has 0 bridgehead atoms. The molecule has 2 N–H and O–H groups in total. The third-order valence-corrected chi connectivity index (χ3v) is 5.20. The van der Waals surface area contributed by atoms with Crippen LogP contribution in [0.4, 0.5) is 18.0 Å². The normalized spacial score (nSPS) is 18.1. The first-order valence-corrected chi connectivity index (χ1v) is 10.4. The van der Waals surface area contributed by atoms with Crippen molar-refractivity contribution < 1.29 is 32.3 Å². The molecule has 3 rings (SSSR count). The van der Waals surface area contributed by atoms with Gasteiger partial charge in [-0.25, -0.2) is 4.79 Å². The van der Waals surface area contributed by atoms with Crippen LogP contribution in [-0.4, -0.2) is 59.0 Å². The minimum absolute atomic E-state index is 0.0827. The highest BCUT2D eigenvalue weighted by atomic mass is 19.4. The molecule has 2 aromatic rings. The van der Waals surface area contributed by atoms with Gasteiger partial charge in [-0.15, -0.1) is 0 Å². The lowest BCUT2D eigenvalue weighted by atomic mass is 9.99. The largest absolute Gasteiger partial charge is 0.416 e. The van der Waals surface area contributed by atoms with Gasteiger partial charge in [0.15, 0.2) is 0 Å². The number of halogens is 3. The van der Waals surface area contributed by atoms with E-state index in [0.717, 1.165) is 12.1 Å². The van der Waals surface area contributed by atoms with Crippen LogP contribution < -0.4 is 5.32 Å². The van der Waals surface area contributed by atoms with Gasteiger partial charge in [-0.1, -0.05) is 31.1 Å². The second-order valence-corrected chi connectivity index (χ2v) is 8.08. The number of alkyl halides is 3. The number of benzene rings is 1. The number of aliphatic hydroxyl groups is 1. The van der Waals surface area contributed by atoms with E-state index in [2.05, 4.69) is 15.5 Å². The van der Waals surface area contributed by atoms with Crippen molar-refractivity contribution in [1.82, 2.24) is 20.4 Å². The van der Waals surface area contributed by atoms with Crippen molar-refractivity contribution in [1.29, 1.82) is 0 Å². The molecular formula is C21H27F3N4O4. The minimum atomic E-state index is -4.39. The summed E-state index contributed by atoms with van der Waals surface area (Å²) in [6, 6.07) is 4.47. The van der Waals surface area contributed by atoms with Gasteiger partial charge in [0.25, 0.3) is 0 Å². The number of ether oxygens (including phenoxy) is 1. The molecule has 1 aliphatic heterocycles. The van der Waals surface area contributed by atoms with E-state index in [4.69, 9.17) is 9.26 Å². The maximum atomic E-state index is 12.7. The number of morpholine rings is 1. The van der Waals surface area contributed by atoms with E-state index >= 15 is 0 Å². The monoisotopic (exact) mass is 456 g/mol. The summed E-state index contributed by atoms with van der Waals surface area (Å²) in [7, 11) is 0. The molecule has 1 aromatic carbocycles. The molecule has 2 unspecified atom stereocenters. The summed E-state index contributed by atoms with van der Waals surface area (Å²) in [5.41, 5.74) is -0.0742. The number of urea groups is 1. The summed E-state index contributed by atoms with van der Waals surface area (Å²) in [4.78, 5) is 18.5. The Balaban J connectivity index is 1.51. The summed E-state index contributed by atoms with van der Waals surface area (Å²) in [6.45, 7) is 4.79. The van der Waals surface area contributed by atoms with Gasteiger partial charge in [0.1, 0.15) is 6.10 Å². The predicted molar refractivity (Wildman–Crippen MR) is 108 cm³/mol. The SMILES string of the molecule is CC(C)c1nc(C2CN(C(=O)NCC(CO)Cc3ccc(C(F)(F)F)cc3)CCO2)no1. The molecule has 1 fully saturated rings. The summed E-state index contributed by atoms with van der Waals surface area (Å²) in [5.74, 6) is 0.638. The van der Waals surface area contributed by atoms with E-state index in [0.29, 0.717) is 36.9 Å². The Bertz CT molecular complexity index is 886. The van der Waals surface area contributed by atoms with E-state index < -0.39 is 17.8 Å². The molecule has 0 spiro atoms. The molecule has 176 valence electrons. The predicted octanol–water partition coefficient (Wildman–Crippen LogP) is 3.15. The molecule has 32 heavy (non-hydrogen) atoms. The fourth-order valence-corrected chi connectivity index (χ4v) is 3.31. The summed E-state index contributed by atoms with van der Waals surface area (Å²) < 4.78 is 48.9. The van der Waals surface area contributed by atoms with Gasteiger partial charge in [-0.2, -0.15) is 18.2 Å². The standard InChI is InChI=1S/C21H27F3N4O4/c1-13(2)19-26-18(27-32-19)17-11-28(7-8-31-17)20(30)25-10-15(12-29)9-14-3-5-16(6-4-14)21(22,23)24/h3-6,13,15,17,29H,7-12H2,1-2H3,(H,25,30). The van der Waals surface area contributed by atoms with Crippen molar-refractivity contribution in [2.45, 2.75) is 38.5 Å². The number of carbonyl (C=O) groups is 1. The van der Waals surface area contributed by atoms with Crippen molar-refractivity contribution in [2.75, 3.05) is 32.8 Å². The zero-order valence-electron chi connectivity index (χ0n) is 17.9.